The number of rotatable bonds is 13. The van der Waals surface area contributed by atoms with E-state index < -0.39 is 0 Å². The van der Waals surface area contributed by atoms with Crippen molar-refractivity contribution in [3.8, 4) is 0 Å². The number of aromatic nitrogens is 2. The number of hydrogen-bond acceptors (Lipinski definition) is 2. The highest BCUT2D eigenvalue weighted by Gasteiger charge is 2.12. The van der Waals surface area contributed by atoms with E-state index in [1.807, 2.05) is 0 Å². The first kappa shape index (κ1) is 18.2. The van der Waals surface area contributed by atoms with Gasteiger partial charge in [-0.15, -0.1) is 0 Å². The summed E-state index contributed by atoms with van der Waals surface area (Å²) in [6.07, 6.45) is 16.1. The average molecular weight is 293 g/mol. The maximum atomic E-state index is 4.48. The van der Waals surface area contributed by atoms with Gasteiger partial charge in [-0.05, 0) is 25.8 Å². The van der Waals surface area contributed by atoms with E-state index in [0.717, 1.165) is 19.5 Å². The van der Waals surface area contributed by atoms with Crippen LogP contribution in [0.4, 0.5) is 0 Å². The molecule has 1 unspecified atom stereocenters. The molecular weight excluding hydrogens is 258 g/mol. The number of nitrogens with zero attached hydrogens (tertiary/aromatic N) is 2. The van der Waals surface area contributed by atoms with Crippen LogP contribution in [0.15, 0.2) is 12.4 Å². The van der Waals surface area contributed by atoms with Crippen LogP contribution >= 0.6 is 0 Å². The highest BCUT2D eigenvalue weighted by molar-refractivity contribution is 5.10. The second-order valence-corrected chi connectivity index (χ2v) is 6.10. The van der Waals surface area contributed by atoms with Crippen molar-refractivity contribution in [3.05, 3.63) is 18.0 Å². The van der Waals surface area contributed by atoms with Gasteiger partial charge in [0.1, 0.15) is 0 Å². The highest BCUT2D eigenvalue weighted by atomic mass is 15.3. The molecule has 1 atom stereocenters. The van der Waals surface area contributed by atoms with E-state index >= 15 is 0 Å². The summed E-state index contributed by atoms with van der Waals surface area (Å²) >= 11 is 0. The Balaban J connectivity index is 2.38. The van der Waals surface area contributed by atoms with Crippen molar-refractivity contribution in [1.82, 2.24) is 15.1 Å². The van der Waals surface area contributed by atoms with Crippen LogP contribution in [0.3, 0.4) is 0 Å². The van der Waals surface area contributed by atoms with Gasteiger partial charge in [-0.3, -0.25) is 4.68 Å². The van der Waals surface area contributed by atoms with Crippen LogP contribution in [0, 0.1) is 0 Å². The summed E-state index contributed by atoms with van der Waals surface area (Å²) in [7, 11) is 0. The predicted octanol–water partition coefficient (Wildman–Crippen LogP) is 5.08. The molecule has 1 aromatic rings. The van der Waals surface area contributed by atoms with Crippen LogP contribution in [-0.4, -0.2) is 16.3 Å². The maximum absolute atomic E-state index is 4.48. The van der Waals surface area contributed by atoms with Gasteiger partial charge < -0.3 is 5.32 Å². The lowest BCUT2D eigenvalue weighted by Gasteiger charge is -2.17. The third-order valence-electron chi connectivity index (χ3n) is 4.00. The summed E-state index contributed by atoms with van der Waals surface area (Å²) in [5.41, 5.74) is 1.37. The van der Waals surface area contributed by atoms with Crippen molar-refractivity contribution < 1.29 is 0 Å². The van der Waals surface area contributed by atoms with Crippen molar-refractivity contribution in [2.75, 3.05) is 6.54 Å². The number of nitrogens with one attached hydrogen (secondary N) is 1. The molecule has 0 fully saturated rings. The zero-order chi connectivity index (χ0) is 15.3. The number of hydrogen-bond donors (Lipinski definition) is 1. The fraction of sp³-hybridized carbons (Fsp3) is 0.833. The molecule has 0 saturated carbocycles. The topological polar surface area (TPSA) is 29.9 Å². The average Bonchev–Trinajstić information content (AvgIpc) is 2.94. The second kappa shape index (κ2) is 11.8. The Morgan fingerprint density at radius 3 is 2.48 bits per heavy atom. The summed E-state index contributed by atoms with van der Waals surface area (Å²) in [5, 5.41) is 8.17. The summed E-state index contributed by atoms with van der Waals surface area (Å²) in [5.74, 6) is 0. The van der Waals surface area contributed by atoms with Gasteiger partial charge in [-0.1, -0.05) is 59.3 Å². The van der Waals surface area contributed by atoms with Gasteiger partial charge in [0.25, 0.3) is 0 Å². The van der Waals surface area contributed by atoms with Gasteiger partial charge in [0.2, 0.25) is 0 Å². The lowest BCUT2D eigenvalue weighted by molar-refractivity contribution is 0.466. The Kier molecular flexibility index (Phi) is 10.2. The van der Waals surface area contributed by atoms with Crippen molar-refractivity contribution >= 4 is 0 Å². The van der Waals surface area contributed by atoms with Gasteiger partial charge >= 0.3 is 0 Å². The molecule has 1 rings (SSSR count). The minimum absolute atomic E-state index is 0.488. The van der Waals surface area contributed by atoms with Crippen LogP contribution in [-0.2, 0) is 6.54 Å². The number of aryl methyl sites for hydroxylation is 1. The molecule has 0 aromatic carbocycles. The molecule has 0 bridgehead atoms. The molecule has 0 saturated heterocycles. The Hall–Kier alpha value is -0.830. The van der Waals surface area contributed by atoms with Gasteiger partial charge in [0.15, 0.2) is 0 Å². The predicted molar refractivity (Wildman–Crippen MR) is 91.5 cm³/mol. The fourth-order valence-corrected chi connectivity index (χ4v) is 2.74. The van der Waals surface area contributed by atoms with Gasteiger partial charge in [0.05, 0.1) is 6.20 Å². The summed E-state index contributed by atoms with van der Waals surface area (Å²) in [6.45, 7) is 8.83. The quantitative estimate of drug-likeness (QED) is 0.514. The normalized spacial score (nSPS) is 12.7. The third kappa shape index (κ3) is 7.66. The van der Waals surface area contributed by atoms with E-state index in [1.54, 1.807) is 0 Å². The molecule has 0 aliphatic rings. The monoisotopic (exact) mass is 293 g/mol. The standard InChI is InChI=1S/C18H35N3/c1-4-7-8-9-10-11-12-18(19-13-5-2)17-15-20-21(16-17)14-6-3/h15-16,18-19H,4-14H2,1-3H3. The van der Waals surface area contributed by atoms with E-state index in [9.17, 15) is 0 Å². The van der Waals surface area contributed by atoms with E-state index in [2.05, 4.69) is 48.3 Å². The van der Waals surface area contributed by atoms with Crippen LogP contribution < -0.4 is 5.32 Å². The zero-order valence-electron chi connectivity index (χ0n) is 14.4. The Morgan fingerprint density at radius 2 is 1.76 bits per heavy atom. The van der Waals surface area contributed by atoms with E-state index in [-0.39, 0.29) is 0 Å². The molecular formula is C18H35N3. The summed E-state index contributed by atoms with van der Waals surface area (Å²) in [6, 6.07) is 0.488. The SMILES string of the molecule is CCCCCCCCC(NCCC)c1cnn(CCC)c1. The summed E-state index contributed by atoms with van der Waals surface area (Å²) in [4.78, 5) is 0. The largest absolute Gasteiger partial charge is 0.310 e. The van der Waals surface area contributed by atoms with Crippen molar-refractivity contribution in [1.29, 1.82) is 0 Å². The molecule has 3 nitrogen and oxygen atoms in total. The molecule has 0 amide bonds. The Morgan fingerprint density at radius 1 is 1.00 bits per heavy atom. The highest BCUT2D eigenvalue weighted by Crippen LogP contribution is 2.20. The Bertz CT molecular complexity index is 346. The molecule has 0 aliphatic heterocycles. The van der Waals surface area contributed by atoms with Crippen molar-refractivity contribution in [2.45, 2.75) is 91.1 Å². The van der Waals surface area contributed by atoms with Crippen LogP contribution in [0.2, 0.25) is 0 Å². The minimum Gasteiger partial charge on any atom is -0.310 e. The van der Waals surface area contributed by atoms with Crippen LogP contribution in [0.25, 0.3) is 0 Å². The first-order chi connectivity index (χ1) is 10.3. The van der Waals surface area contributed by atoms with E-state index in [0.29, 0.717) is 6.04 Å². The number of unbranched alkanes of at least 4 members (excludes halogenated alkanes) is 5. The van der Waals surface area contributed by atoms with Gasteiger partial charge in [-0.25, -0.2) is 0 Å². The lowest BCUT2D eigenvalue weighted by Crippen LogP contribution is -2.21. The molecule has 21 heavy (non-hydrogen) atoms. The fourth-order valence-electron chi connectivity index (χ4n) is 2.74. The maximum Gasteiger partial charge on any atom is 0.0537 e. The Labute approximate surface area is 131 Å². The first-order valence-corrected chi connectivity index (χ1v) is 9.07. The molecule has 0 aliphatic carbocycles. The second-order valence-electron chi connectivity index (χ2n) is 6.10. The van der Waals surface area contributed by atoms with Crippen LogP contribution in [0.1, 0.15) is 90.2 Å². The zero-order valence-corrected chi connectivity index (χ0v) is 14.4. The van der Waals surface area contributed by atoms with E-state index in [4.69, 9.17) is 0 Å². The van der Waals surface area contributed by atoms with Crippen molar-refractivity contribution in [3.63, 3.8) is 0 Å². The minimum atomic E-state index is 0.488. The lowest BCUT2D eigenvalue weighted by atomic mass is 10.0. The molecule has 3 heteroatoms. The molecule has 1 aromatic heterocycles. The molecule has 1 N–H and O–H groups in total. The smallest absolute Gasteiger partial charge is 0.0537 e. The molecule has 122 valence electrons. The van der Waals surface area contributed by atoms with Gasteiger partial charge in [-0.2, -0.15) is 5.10 Å². The van der Waals surface area contributed by atoms with Crippen molar-refractivity contribution in [2.24, 2.45) is 0 Å². The third-order valence-corrected chi connectivity index (χ3v) is 4.00. The molecule has 1 heterocycles. The first-order valence-electron chi connectivity index (χ1n) is 9.07. The summed E-state index contributed by atoms with van der Waals surface area (Å²) < 4.78 is 2.08. The van der Waals surface area contributed by atoms with Crippen LogP contribution in [0.5, 0.6) is 0 Å². The molecule has 0 spiro atoms. The van der Waals surface area contributed by atoms with Gasteiger partial charge in [0, 0.05) is 24.3 Å². The van der Waals surface area contributed by atoms with E-state index in [1.165, 1.54) is 56.9 Å². The molecule has 0 radical (unpaired) electrons.